The van der Waals surface area contributed by atoms with Gasteiger partial charge in [0.25, 0.3) is 0 Å². The Hall–Kier alpha value is -3.66. The number of aromatic nitrogens is 3. The minimum Gasteiger partial charge on any atom is -0.494 e. The predicted molar refractivity (Wildman–Crippen MR) is 127 cm³/mol. The van der Waals surface area contributed by atoms with E-state index in [1.807, 2.05) is 25.3 Å². The van der Waals surface area contributed by atoms with Crippen molar-refractivity contribution in [2.75, 3.05) is 6.61 Å². The maximum Gasteiger partial charge on any atom is 0.120 e. The lowest BCUT2D eigenvalue weighted by atomic mass is 10.1. The van der Waals surface area contributed by atoms with Crippen LogP contribution < -0.4 is 4.74 Å². The van der Waals surface area contributed by atoms with Gasteiger partial charge in [-0.2, -0.15) is 5.10 Å². The molecule has 3 aromatic carbocycles. The molecule has 31 heavy (non-hydrogen) atoms. The number of rotatable bonds is 4. The van der Waals surface area contributed by atoms with Gasteiger partial charge in [-0.05, 0) is 69.2 Å². The molecule has 0 amide bonds. The topological polar surface area (TPSA) is 39.9 Å². The Morgan fingerprint density at radius 1 is 0.839 bits per heavy atom. The van der Waals surface area contributed by atoms with E-state index in [0.717, 1.165) is 44.5 Å². The van der Waals surface area contributed by atoms with Crippen molar-refractivity contribution in [1.82, 2.24) is 14.8 Å². The number of hydrogen-bond acceptors (Lipinski definition) is 3. The molecule has 4 heteroatoms. The zero-order valence-corrected chi connectivity index (χ0v) is 18.3. The largest absolute Gasteiger partial charge is 0.494 e. The highest BCUT2D eigenvalue weighted by Gasteiger charge is 2.18. The standard InChI is InChI=1S/C27H25N3O/c1-5-31-22-12-13-25-23(15-22)27-24(16-28-25)26(20-9-6-17(2)7-10-20)29-30(27)21-11-8-18(3)19(4)14-21/h6-16H,5H2,1-4H3. The van der Waals surface area contributed by atoms with Crippen LogP contribution >= 0.6 is 0 Å². The summed E-state index contributed by atoms with van der Waals surface area (Å²) in [5.74, 6) is 0.842. The van der Waals surface area contributed by atoms with Gasteiger partial charge in [0.15, 0.2) is 0 Å². The number of aryl methyl sites for hydroxylation is 3. The predicted octanol–water partition coefficient (Wildman–Crippen LogP) is 6.56. The molecule has 5 aromatic rings. The SMILES string of the molecule is CCOc1ccc2ncc3c(-c4ccc(C)cc4)nn(-c4ccc(C)c(C)c4)c3c2c1. The minimum atomic E-state index is 0.625. The van der Waals surface area contributed by atoms with Crippen LogP contribution in [0.2, 0.25) is 0 Å². The van der Waals surface area contributed by atoms with Crippen molar-refractivity contribution in [1.29, 1.82) is 0 Å². The van der Waals surface area contributed by atoms with Gasteiger partial charge in [-0.15, -0.1) is 0 Å². The summed E-state index contributed by atoms with van der Waals surface area (Å²) in [4.78, 5) is 4.74. The van der Waals surface area contributed by atoms with Gasteiger partial charge < -0.3 is 4.74 Å². The van der Waals surface area contributed by atoms with E-state index in [1.165, 1.54) is 16.7 Å². The molecular weight excluding hydrogens is 382 g/mol. The van der Waals surface area contributed by atoms with Crippen LogP contribution in [0.4, 0.5) is 0 Å². The van der Waals surface area contributed by atoms with Gasteiger partial charge in [0.2, 0.25) is 0 Å². The Balaban J connectivity index is 1.87. The van der Waals surface area contributed by atoms with E-state index in [0.29, 0.717) is 6.61 Å². The van der Waals surface area contributed by atoms with Gasteiger partial charge in [-0.25, -0.2) is 4.68 Å². The third-order valence-corrected chi connectivity index (χ3v) is 5.85. The summed E-state index contributed by atoms with van der Waals surface area (Å²) < 4.78 is 7.84. The van der Waals surface area contributed by atoms with Gasteiger partial charge in [-0.3, -0.25) is 4.98 Å². The van der Waals surface area contributed by atoms with E-state index >= 15 is 0 Å². The number of benzene rings is 3. The first-order valence-electron chi connectivity index (χ1n) is 10.6. The smallest absolute Gasteiger partial charge is 0.120 e. The van der Waals surface area contributed by atoms with Crippen LogP contribution in [0.15, 0.2) is 66.9 Å². The molecule has 0 aliphatic carbocycles. The first-order chi connectivity index (χ1) is 15.0. The summed E-state index contributed by atoms with van der Waals surface area (Å²) in [5, 5.41) is 7.16. The van der Waals surface area contributed by atoms with Crippen molar-refractivity contribution in [3.63, 3.8) is 0 Å². The summed E-state index contributed by atoms with van der Waals surface area (Å²) >= 11 is 0. The van der Waals surface area contributed by atoms with Gasteiger partial charge in [0.05, 0.1) is 23.3 Å². The van der Waals surface area contributed by atoms with E-state index in [-0.39, 0.29) is 0 Å². The zero-order valence-electron chi connectivity index (χ0n) is 18.3. The molecule has 0 atom stereocenters. The molecule has 5 rings (SSSR count). The molecule has 0 aliphatic rings. The fourth-order valence-electron chi connectivity index (χ4n) is 3.99. The fourth-order valence-corrected chi connectivity index (χ4v) is 3.99. The molecule has 0 saturated heterocycles. The zero-order chi connectivity index (χ0) is 21.5. The second-order valence-corrected chi connectivity index (χ2v) is 8.03. The summed E-state index contributed by atoms with van der Waals surface area (Å²) in [5.41, 5.74) is 8.77. The number of pyridine rings is 1. The van der Waals surface area contributed by atoms with E-state index in [4.69, 9.17) is 14.8 Å². The quantitative estimate of drug-likeness (QED) is 0.338. The van der Waals surface area contributed by atoms with Crippen LogP contribution in [0.1, 0.15) is 23.6 Å². The molecule has 0 N–H and O–H groups in total. The third-order valence-electron chi connectivity index (χ3n) is 5.85. The van der Waals surface area contributed by atoms with E-state index in [9.17, 15) is 0 Å². The Kier molecular flexibility index (Phi) is 4.70. The normalized spacial score (nSPS) is 11.4. The van der Waals surface area contributed by atoms with Crippen molar-refractivity contribution in [3.05, 3.63) is 83.6 Å². The van der Waals surface area contributed by atoms with Gasteiger partial charge in [0, 0.05) is 22.5 Å². The Morgan fingerprint density at radius 2 is 1.65 bits per heavy atom. The van der Waals surface area contributed by atoms with Crippen LogP contribution in [0.3, 0.4) is 0 Å². The number of nitrogens with zero attached hydrogens (tertiary/aromatic N) is 3. The van der Waals surface area contributed by atoms with Crippen LogP contribution in [-0.4, -0.2) is 21.4 Å². The van der Waals surface area contributed by atoms with Crippen molar-refractivity contribution in [3.8, 4) is 22.7 Å². The lowest BCUT2D eigenvalue weighted by Crippen LogP contribution is -1.99. The molecule has 2 heterocycles. The van der Waals surface area contributed by atoms with Crippen molar-refractivity contribution in [2.24, 2.45) is 0 Å². The van der Waals surface area contributed by atoms with Crippen LogP contribution in [0.25, 0.3) is 38.8 Å². The molecule has 2 aromatic heterocycles. The van der Waals surface area contributed by atoms with E-state index < -0.39 is 0 Å². The summed E-state index contributed by atoms with van der Waals surface area (Å²) in [7, 11) is 0. The Morgan fingerprint density at radius 3 is 2.39 bits per heavy atom. The summed E-state index contributed by atoms with van der Waals surface area (Å²) in [6, 6.07) is 21.0. The van der Waals surface area contributed by atoms with Crippen LogP contribution in [0, 0.1) is 20.8 Å². The van der Waals surface area contributed by atoms with Crippen molar-refractivity contribution >= 4 is 21.8 Å². The van der Waals surface area contributed by atoms with Crippen LogP contribution in [0.5, 0.6) is 5.75 Å². The molecule has 0 aliphatic heterocycles. The summed E-state index contributed by atoms with van der Waals surface area (Å²) in [6.07, 6.45) is 1.94. The number of hydrogen-bond donors (Lipinski definition) is 0. The average Bonchev–Trinajstić information content (AvgIpc) is 3.16. The molecule has 0 fully saturated rings. The monoisotopic (exact) mass is 407 g/mol. The third kappa shape index (κ3) is 3.34. The number of fused-ring (bicyclic) bond motifs is 3. The first-order valence-corrected chi connectivity index (χ1v) is 10.6. The summed E-state index contributed by atoms with van der Waals surface area (Å²) in [6.45, 7) is 8.99. The molecule has 154 valence electrons. The van der Waals surface area contributed by atoms with Crippen LogP contribution in [-0.2, 0) is 0 Å². The number of ether oxygens (including phenoxy) is 1. The Labute approximate surface area is 182 Å². The molecule has 0 saturated carbocycles. The highest BCUT2D eigenvalue weighted by molar-refractivity contribution is 6.09. The molecule has 4 nitrogen and oxygen atoms in total. The maximum atomic E-state index is 5.79. The lowest BCUT2D eigenvalue weighted by Gasteiger charge is -2.09. The Bertz CT molecular complexity index is 1410. The fraction of sp³-hybridized carbons (Fsp3) is 0.185. The van der Waals surface area contributed by atoms with Gasteiger partial charge in [-0.1, -0.05) is 35.9 Å². The molecule has 0 unspecified atom stereocenters. The molecular formula is C27H25N3O. The second kappa shape index (κ2) is 7.55. The van der Waals surface area contributed by atoms with E-state index in [2.05, 4.69) is 74.0 Å². The van der Waals surface area contributed by atoms with Crippen molar-refractivity contribution < 1.29 is 4.74 Å². The van der Waals surface area contributed by atoms with E-state index in [1.54, 1.807) is 0 Å². The average molecular weight is 408 g/mol. The first kappa shape index (κ1) is 19.3. The van der Waals surface area contributed by atoms with Crippen molar-refractivity contribution in [2.45, 2.75) is 27.7 Å². The second-order valence-electron chi connectivity index (χ2n) is 8.03. The van der Waals surface area contributed by atoms with Gasteiger partial charge >= 0.3 is 0 Å². The molecule has 0 spiro atoms. The van der Waals surface area contributed by atoms with Gasteiger partial charge in [0.1, 0.15) is 11.4 Å². The minimum absolute atomic E-state index is 0.625. The molecule has 0 bridgehead atoms. The highest BCUT2D eigenvalue weighted by atomic mass is 16.5. The highest BCUT2D eigenvalue weighted by Crippen LogP contribution is 2.35. The maximum absolute atomic E-state index is 5.79. The lowest BCUT2D eigenvalue weighted by molar-refractivity contribution is 0.341. The molecule has 0 radical (unpaired) electrons.